The number of aryl methyl sites for hydroxylation is 2. The SMILES string of the molecule is COc1c2n(cc(C(=O)O)c1=O)CCc1c-2oc2ccccc12. The summed E-state index contributed by atoms with van der Waals surface area (Å²) < 4.78 is 12.9. The Bertz CT molecular complexity index is 1010. The Balaban J connectivity index is 2.10. The molecule has 0 aliphatic carbocycles. The van der Waals surface area contributed by atoms with Crippen LogP contribution in [0, 0.1) is 0 Å². The Morgan fingerprint density at radius 1 is 1.35 bits per heavy atom. The monoisotopic (exact) mass is 311 g/mol. The summed E-state index contributed by atoms with van der Waals surface area (Å²) in [5.74, 6) is -0.688. The lowest BCUT2D eigenvalue weighted by molar-refractivity contribution is 0.0694. The van der Waals surface area contributed by atoms with Crippen LogP contribution in [0.1, 0.15) is 15.9 Å². The lowest BCUT2D eigenvalue weighted by Crippen LogP contribution is -2.24. The highest BCUT2D eigenvalue weighted by molar-refractivity contribution is 5.91. The number of hydrogen-bond donors (Lipinski definition) is 1. The van der Waals surface area contributed by atoms with E-state index in [9.17, 15) is 14.7 Å². The Hall–Kier alpha value is -3.02. The molecule has 0 fully saturated rings. The summed E-state index contributed by atoms with van der Waals surface area (Å²) in [5.41, 5.74) is 1.31. The van der Waals surface area contributed by atoms with Crippen LogP contribution >= 0.6 is 0 Å². The van der Waals surface area contributed by atoms with Gasteiger partial charge in [-0.1, -0.05) is 18.2 Å². The minimum atomic E-state index is -1.26. The molecule has 0 bridgehead atoms. The lowest BCUT2D eigenvalue weighted by atomic mass is 10.0. The van der Waals surface area contributed by atoms with Crippen molar-refractivity contribution >= 4 is 16.9 Å². The third-order valence-electron chi connectivity index (χ3n) is 4.19. The molecule has 0 unspecified atom stereocenters. The van der Waals surface area contributed by atoms with Crippen LogP contribution in [0.25, 0.3) is 22.4 Å². The van der Waals surface area contributed by atoms with E-state index in [0.29, 0.717) is 24.4 Å². The molecule has 3 aromatic rings. The van der Waals surface area contributed by atoms with Gasteiger partial charge in [0.15, 0.2) is 11.5 Å². The maximum atomic E-state index is 12.4. The zero-order valence-electron chi connectivity index (χ0n) is 12.3. The summed E-state index contributed by atoms with van der Waals surface area (Å²) in [4.78, 5) is 23.6. The number of carboxylic acids is 1. The third kappa shape index (κ3) is 1.81. The number of furan rings is 1. The molecule has 0 spiro atoms. The van der Waals surface area contributed by atoms with Crippen molar-refractivity contribution in [2.45, 2.75) is 13.0 Å². The van der Waals surface area contributed by atoms with E-state index in [-0.39, 0.29) is 11.3 Å². The van der Waals surface area contributed by atoms with Gasteiger partial charge >= 0.3 is 5.97 Å². The van der Waals surface area contributed by atoms with E-state index in [2.05, 4.69) is 0 Å². The number of fused-ring (bicyclic) bond motifs is 5. The maximum absolute atomic E-state index is 12.4. The van der Waals surface area contributed by atoms with Crippen molar-refractivity contribution in [3.63, 3.8) is 0 Å². The van der Waals surface area contributed by atoms with Gasteiger partial charge in [-0.3, -0.25) is 4.79 Å². The molecule has 1 aliphatic rings. The van der Waals surface area contributed by atoms with Gasteiger partial charge in [0.1, 0.15) is 16.8 Å². The summed E-state index contributed by atoms with van der Waals surface area (Å²) in [6.07, 6.45) is 2.06. The molecule has 3 heterocycles. The molecule has 6 nitrogen and oxygen atoms in total. The van der Waals surface area contributed by atoms with Crippen molar-refractivity contribution in [2.24, 2.45) is 0 Å². The second-order valence-corrected chi connectivity index (χ2v) is 5.41. The van der Waals surface area contributed by atoms with E-state index in [1.807, 2.05) is 24.3 Å². The van der Waals surface area contributed by atoms with E-state index >= 15 is 0 Å². The molecule has 0 saturated heterocycles. The number of nitrogens with zero attached hydrogens (tertiary/aromatic N) is 1. The van der Waals surface area contributed by atoms with Crippen molar-refractivity contribution in [3.05, 3.63) is 51.8 Å². The van der Waals surface area contributed by atoms with Gasteiger partial charge in [-0.05, 0) is 12.5 Å². The molecule has 116 valence electrons. The first-order valence-corrected chi connectivity index (χ1v) is 7.17. The van der Waals surface area contributed by atoms with Crippen LogP contribution < -0.4 is 10.2 Å². The summed E-state index contributed by atoms with van der Waals surface area (Å²) >= 11 is 0. The van der Waals surface area contributed by atoms with Gasteiger partial charge in [0.25, 0.3) is 0 Å². The van der Waals surface area contributed by atoms with E-state index in [1.165, 1.54) is 13.3 Å². The van der Waals surface area contributed by atoms with E-state index < -0.39 is 11.4 Å². The molecule has 1 aromatic carbocycles. The number of carboxylic acid groups (broad SMARTS) is 1. The number of aromatic carboxylic acids is 1. The van der Waals surface area contributed by atoms with Gasteiger partial charge < -0.3 is 18.8 Å². The van der Waals surface area contributed by atoms with Crippen LogP contribution in [0.2, 0.25) is 0 Å². The fourth-order valence-corrected chi connectivity index (χ4v) is 3.16. The number of para-hydroxylation sites is 1. The second-order valence-electron chi connectivity index (χ2n) is 5.41. The van der Waals surface area contributed by atoms with Crippen LogP contribution in [0.5, 0.6) is 5.75 Å². The van der Waals surface area contributed by atoms with Gasteiger partial charge in [-0.25, -0.2) is 4.79 Å². The van der Waals surface area contributed by atoms with E-state index in [0.717, 1.165) is 16.5 Å². The minimum Gasteiger partial charge on any atom is -0.491 e. The minimum absolute atomic E-state index is 0.00454. The number of ether oxygens (including phenoxy) is 1. The Morgan fingerprint density at radius 2 is 2.13 bits per heavy atom. The zero-order valence-corrected chi connectivity index (χ0v) is 12.3. The largest absolute Gasteiger partial charge is 0.491 e. The molecule has 4 rings (SSSR count). The topological polar surface area (TPSA) is 81.7 Å². The molecule has 0 atom stereocenters. The first-order valence-electron chi connectivity index (χ1n) is 7.17. The van der Waals surface area contributed by atoms with Crippen LogP contribution in [-0.4, -0.2) is 22.8 Å². The smallest absolute Gasteiger partial charge is 0.341 e. The van der Waals surface area contributed by atoms with Gasteiger partial charge in [0.2, 0.25) is 5.43 Å². The summed E-state index contributed by atoms with van der Waals surface area (Å²) in [5, 5.41) is 10.2. The van der Waals surface area contributed by atoms with Gasteiger partial charge in [-0.15, -0.1) is 0 Å². The highest BCUT2D eigenvalue weighted by Gasteiger charge is 2.29. The number of methoxy groups -OCH3 is 1. The van der Waals surface area contributed by atoms with Crippen LogP contribution in [-0.2, 0) is 13.0 Å². The molecule has 6 heteroatoms. The number of carbonyl (C=O) groups is 1. The zero-order chi connectivity index (χ0) is 16.1. The first kappa shape index (κ1) is 13.6. The summed E-state index contributed by atoms with van der Waals surface area (Å²) in [6, 6.07) is 7.66. The average Bonchev–Trinajstić information content (AvgIpc) is 2.93. The summed E-state index contributed by atoms with van der Waals surface area (Å²) in [6.45, 7) is 0.558. The number of aromatic nitrogens is 1. The molecule has 0 amide bonds. The van der Waals surface area contributed by atoms with Crippen molar-refractivity contribution in [1.29, 1.82) is 0 Å². The van der Waals surface area contributed by atoms with Crippen molar-refractivity contribution in [3.8, 4) is 17.2 Å². The van der Waals surface area contributed by atoms with Crippen LogP contribution in [0.3, 0.4) is 0 Å². The lowest BCUT2D eigenvalue weighted by Gasteiger charge is -2.21. The quantitative estimate of drug-likeness (QED) is 0.786. The Morgan fingerprint density at radius 3 is 2.87 bits per heavy atom. The number of benzene rings is 1. The number of hydrogen-bond acceptors (Lipinski definition) is 4. The standard InChI is InChI=1S/C17H13NO5/c1-22-16-13-15-10(9-4-2-3-5-12(9)23-15)6-7-18(13)8-11(14(16)19)17(20)21/h2-5,8H,6-7H2,1H3,(H,20,21). The highest BCUT2D eigenvalue weighted by atomic mass is 16.5. The molecule has 1 aliphatic heterocycles. The van der Waals surface area contributed by atoms with Crippen LogP contribution in [0.4, 0.5) is 0 Å². The first-order chi connectivity index (χ1) is 11.1. The van der Waals surface area contributed by atoms with Gasteiger partial charge in [0.05, 0.1) is 7.11 Å². The molecule has 2 aromatic heterocycles. The van der Waals surface area contributed by atoms with Crippen molar-refractivity contribution in [2.75, 3.05) is 7.11 Å². The van der Waals surface area contributed by atoms with Gasteiger partial charge in [-0.2, -0.15) is 0 Å². The highest BCUT2D eigenvalue weighted by Crippen LogP contribution is 2.40. The Labute approximate surface area is 130 Å². The Kier molecular flexibility index (Phi) is 2.81. The number of rotatable bonds is 2. The molecular weight excluding hydrogens is 298 g/mol. The normalized spacial score (nSPS) is 12.7. The second kappa shape index (κ2) is 4.74. The van der Waals surface area contributed by atoms with Crippen molar-refractivity contribution in [1.82, 2.24) is 4.57 Å². The van der Waals surface area contributed by atoms with Gasteiger partial charge in [0, 0.05) is 23.7 Å². The molecule has 0 radical (unpaired) electrons. The maximum Gasteiger partial charge on any atom is 0.341 e. The predicted octanol–water partition coefficient (Wildman–Crippen LogP) is 2.52. The molecule has 0 saturated carbocycles. The number of pyridine rings is 1. The fraction of sp³-hybridized carbons (Fsp3) is 0.176. The van der Waals surface area contributed by atoms with E-state index in [4.69, 9.17) is 9.15 Å². The predicted molar refractivity (Wildman–Crippen MR) is 83.1 cm³/mol. The third-order valence-corrected chi connectivity index (χ3v) is 4.19. The average molecular weight is 311 g/mol. The molecular formula is C17H13NO5. The summed E-state index contributed by atoms with van der Waals surface area (Å²) in [7, 11) is 1.36. The van der Waals surface area contributed by atoms with Crippen LogP contribution in [0.15, 0.2) is 39.7 Å². The molecule has 23 heavy (non-hydrogen) atoms. The van der Waals surface area contributed by atoms with E-state index in [1.54, 1.807) is 4.57 Å². The molecule has 1 N–H and O–H groups in total. The fourth-order valence-electron chi connectivity index (χ4n) is 3.16. The van der Waals surface area contributed by atoms with Crippen molar-refractivity contribution < 1.29 is 19.1 Å².